The molecule has 6 nitrogen and oxygen atoms in total. The van der Waals surface area contributed by atoms with Crippen molar-refractivity contribution in [2.75, 3.05) is 6.26 Å². The molecule has 0 bridgehead atoms. The Kier molecular flexibility index (Phi) is 3.93. The largest absolute Gasteiger partial charge is 0.268 e. The normalized spacial score (nSPS) is 14.7. The van der Waals surface area contributed by atoms with Gasteiger partial charge in [-0.1, -0.05) is 17.7 Å². The smallest absolute Gasteiger partial charge is 0.268 e. The fourth-order valence-corrected chi connectivity index (χ4v) is 3.05. The fraction of sp³-hybridized carbons (Fsp3) is 0.333. The number of nitrogens with zero attached hydrogens (tertiary/aromatic N) is 2. The van der Waals surface area contributed by atoms with Crippen molar-refractivity contribution in [1.29, 1.82) is 0 Å². The molecule has 1 aliphatic rings. The summed E-state index contributed by atoms with van der Waals surface area (Å²) >= 11 is 6.17. The van der Waals surface area contributed by atoms with Crippen LogP contribution in [0.25, 0.3) is 5.69 Å². The van der Waals surface area contributed by atoms with Gasteiger partial charge in [-0.2, -0.15) is 5.10 Å². The number of aromatic nitrogens is 2. The van der Waals surface area contributed by atoms with E-state index < -0.39 is 15.9 Å². The highest BCUT2D eigenvalue weighted by Gasteiger charge is 2.33. The Bertz CT molecular complexity index is 885. The molecule has 0 radical (unpaired) electrons. The van der Waals surface area contributed by atoms with E-state index in [0.29, 0.717) is 5.02 Å². The lowest BCUT2D eigenvalue weighted by molar-refractivity contribution is 0.0980. The fourth-order valence-electron chi connectivity index (χ4n) is 2.43. The molecular formula is C15H16ClN3O3S. The first kappa shape index (κ1) is 16.0. The minimum atomic E-state index is -3.62. The molecule has 2 aromatic rings. The van der Waals surface area contributed by atoms with Crippen LogP contribution in [-0.4, -0.2) is 30.4 Å². The average Bonchev–Trinajstić information content (AvgIpc) is 3.18. The first-order chi connectivity index (χ1) is 10.8. The number of carbonyl (C=O) groups excluding carboxylic acids is 1. The van der Waals surface area contributed by atoms with Gasteiger partial charge in [0.25, 0.3) is 5.91 Å². The Morgan fingerprint density at radius 1 is 1.39 bits per heavy atom. The zero-order valence-electron chi connectivity index (χ0n) is 12.7. The minimum absolute atomic E-state index is 0.206. The maximum absolute atomic E-state index is 12.2. The molecule has 0 aliphatic heterocycles. The number of amides is 1. The number of aryl methyl sites for hydroxylation is 1. The molecule has 0 unspecified atom stereocenters. The molecule has 0 spiro atoms. The van der Waals surface area contributed by atoms with Gasteiger partial charge in [-0.15, -0.1) is 0 Å². The monoisotopic (exact) mass is 353 g/mol. The van der Waals surface area contributed by atoms with E-state index in [1.807, 2.05) is 23.8 Å². The van der Waals surface area contributed by atoms with Crippen LogP contribution in [0.3, 0.4) is 0 Å². The molecule has 23 heavy (non-hydrogen) atoms. The number of halogens is 1. The number of nitrogens with one attached hydrogen (secondary N) is 1. The van der Waals surface area contributed by atoms with Gasteiger partial charge in [0.2, 0.25) is 10.0 Å². The number of hydrogen-bond donors (Lipinski definition) is 1. The van der Waals surface area contributed by atoms with Crippen LogP contribution in [0.2, 0.25) is 5.02 Å². The second-order valence-electron chi connectivity index (χ2n) is 5.77. The topological polar surface area (TPSA) is 81.1 Å². The Morgan fingerprint density at radius 2 is 2.09 bits per heavy atom. The van der Waals surface area contributed by atoms with E-state index >= 15 is 0 Å². The zero-order chi connectivity index (χ0) is 16.8. The summed E-state index contributed by atoms with van der Waals surface area (Å²) in [7, 11) is -3.62. The third-order valence-electron chi connectivity index (χ3n) is 3.69. The molecule has 1 heterocycles. The van der Waals surface area contributed by atoms with Crippen molar-refractivity contribution in [2.24, 2.45) is 0 Å². The predicted octanol–water partition coefficient (Wildman–Crippen LogP) is 2.40. The van der Waals surface area contributed by atoms with Crippen molar-refractivity contribution < 1.29 is 13.2 Å². The summed E-state index contributed by atoms with van der Waals surface area (Å²) < 4.78 is 26.3. The molecule has 122 valence electrons. The van der Waals surface area contributed by atoms with Crippen LogP contribution in [0.4, 0.5) is 0 Å². The molecule has 1 saturated carbocycles. The van der Waals surface area contributed by atoms with E-state index in [1.165, 1.54) is 6.20 Å². The van der Waals surface area contributed by atoms with Gasteiger partial charge in [0.05, 0.1) is 29.4 Å². The van der Waals surface area contributed by atoms with Gasteiger partial charge in [0, 0.05) is 10.9 Å². The Labute approximate surface area is 139 Å². The first-order valence-corrected chi connectivity index (χ1v) is 9.40. The molecule has 8 heteroatoms. The average molecular weight is 354 g/mol. The Hall–Kier alpha value is -1.86. The summed E-state index contributed by atoms with van der Waals surface area (Å²) in [4.78, 5) is 12.2. The van der Waals surface area contributed by atoms with Crippen LogP contribution in [0.5, 0.6) is 0 Å². The molecule has 1 aliphatic carbocycles. The van der Waals surface area contributed by atoms with E-state index in [-0.39, 0.29) is 11.5 Å². The molecular weight excluding hydrogens is 338 g/mol. The maximum Gasteiger partial charge on any atom is 0.268 e. The van der Waals surface area contributed by atoms with Gasteiger partial charge < -0.3 is 0 Å². The number of benzene rings is 1. The highest BCUT2D eigenvalue weighted by Crippen LogP contribution is 2.42. The summed E-state index contributed by atoms with van der Waals surface area (Å²) in [6.45, 7) is 1.90. The van der Waals surface area contributed by atoms with Gasteiger partial charge in [0.1, 0.15) is 0 Å². The third-order valence-corrected chi connectivity index (χ3v) is 4.66. The summed E-state index contributed by atoms with van der Waals surface area (Å²) in [6.07, 6.45) is 4.25. The van der Waals surface area contributed by atoms with Crippen LogP contribution in [0.1, 0.15) is 40.4 Å². The molecule has 0 atom stereocenters. The highest BCUT2D eigenvalue weighted by molar-refractivity contribution is 7.89. The Morgan fingerprint density at radius 3 is 2.65 bits per heavy atom. The van der Waals surface area contributed by atoms with Gasteiger partial charge in [0.15, 0.2) is 0 Å². The lowest BCUT2D eigenvalue weighted by atomic mass is 10.1. The Balaban J connectivity index is 2.05. The van der Waals surface area contributed by atoms with Crippen molar-refractivity contribution >= 4 is 27.5 Å². The molecule has 1 fully saturated rings. The number of sulfonamides is 1. The summed E-state index contributed by atoms with van der Waals surface area (Å²) in [5, 5.41) is 4.88. The number of hydrogen-bond acceptors (Lipinski definition) is 4. The lowest BCUT2D eigenvalue weighted by Gasteiger charge is -2.10. The second kappa shape index (κ2) is 5.65. The second-order valence-corrected chi connectivity index (χ2v) is 7.92. The standard InChI is InChI=1S/C15H16ClN3O3S/c1-9-3-6-11(7-13(9)16)19-14(10-4-5-10)12(8-17-19)15(20)18-23(2,21)22/h3,6-8,10H,4-5H2,1-2H3,(H,18,20). The maximum atomic E-state index is 12.2. The third kappa shape index (κ3) is 3.40. The molecule has 0 saturated heterocycles. The molecule has 1 amide bonds. The SMILES string of the molecule is Cc1ccc(-n2ncc(C(=O)NS(C)(=O)=O)c2C2CC2)cc1Cl. The van der Waals surface area contributed by atoms with Crippen LogP contribution >= 0.6 is 11.6 Å². The lowest BCUT2D eigenvalue weighted by Crippen LogP contribution is -2.29. The summed E-state index contributed by atoms with van der Waals surface area (Å²) in [5.74, 6) is -0.447. The quantitative estimate of drug-likeness (QED) is 0.915. The van der Waals surface area contributed by atoms with Crippen molar-refractivity contribution in [3.05, 3.63) is 46.2 Å². The zero-order valence-corrected chi connectivity index (χ0v) is 14.3. The van der Waals surface area contributed by atoms with Crippen molar-refractivity contribution in [3.8, 4) is 5.69 Å². The van der Waals surface area contributed by atoms with Gasteiger partial charge in [-0.25, -0.2) is 17.8 Å². The van der Waals surface area contributed by atoms with Crippen molar-refractivity contribution in [2.45, 2.75) is 25.7 Å². The van der Waals surface area contributed by atoms with Gasteiger partial charge in [-0.3, -0.25) is 4.79 Å². The van der Waals surface area contributed by atoms with Crippen LogP contribution in [0.15, 0.2) is 24.4 Å². The summed E-state index contributed by atoms with van der Waals surface area (Å²) in [5.41, 5.74) is 2.71. The molecule has 3 rings (SSSR count). The number of carbonyl (C=O) groups is 1. The van der Waals surface area contributed by atoms with Crippen LogP contribution < -0.4 is 4.72 Å². The summed E-state index contributed by atoms with van der Waals surface area (Å²) in [6, 6.07) is 5.54. The predicted molar refractivity (Wildman–Crippen MR) is 87.6 cm³/mol. The van der Waals surface area contributed by atoms with Crippen LogP contribution in [0, 0.1) is 6.92 Å². The van der Waals surface area contributed by atoms with E-state index in [0.717, 1.165) is 36.0 Å². The van der Waals surface area contributed by atoms with Gasteiger partial charge in [-0.05, 0) is 37.5 Å². The number of rotatable bonds is 4. The van der Waals surface area contributed by atoms with Crippen molar-refractivity contribution in [1.82, 2.24) is 14.5 Å². The van der Waals surface area contributed by atoms with Crippen molar-refractivity contribution in [3.63, 3.8) is 0 Å². The van der Waals surface area contributed by atoms with E-state index in [2.05, 4.69) is 5.10 Å². The van der Waals surface area contributed by atoms with Gasteiger partial charge >= 0.3 is 0 Å². The first-order valence-electron chi connectivity index (χ1n) is 7.13. The van der Waals surface area contributed by atoms with E-state index in [9.17, 15) is 13.2 Å². The molecule has 1 aromatic heterocycles. The molecule has 1 N–H and O–H groups in total. The van der Waals surface area contributed by atoms with E-state index in [4.69, 9.17) is 11.6 Å². The van der Waals surface area contributed by atoms with E-state index in [1.54, 1.807) is 10.7 Å². The minimum Gasteiger partial charge on any atom is -0.268 e. The van der Waals surface area contributed by atoms with Crippen LogP contribution in [-0.2, 0) is 10.0 Å². The highest BCUT2D eigenvalue weighted by atomic mass is 35.5. The molecule has 1 aromatic carbocycles.